The molecule has 0 aliphatic heterocycles. The van der Waals surface area contributed by atoms with E-state index in [0.717, 1.165) is 30.4 Å². The lowest BCUT2D eigenvalue weighted by Gasteiger charge is -2.06. The van der Waals surface area contributed by atoms with Crippen molar-refractivity contribution in [2.45, 2.75) is 43.9 Å². The van der Waals surface area contributed by atoms with Crippen LogP contribution in [0.15, 0.2) is 29.2 Å². The number of benzene rings is 1. The average Bonchev–Trinajstić information content (AvgIpc) is 3.15. The summed E-state index contributed by atoms with van der Waals surface area (Å²) >= 11 is 1.47. The molecule has 1 heterocycles. The minimum Gasteiger partial charge on any atom is -0.317 e. The van der Waals surface area contributed by atoms with Gasteiger partial charge in [0.25, 0.3) is 0 Å². The van der Waals surface area contributed by atoms with Gasteiger partial charge in [0, 0.05) is 11.3 Å². The molecule has 5 nitrogen and oxygen atoms in total. The van der Waals surface area contributed by atoms with Crippen LogP contribution in [0.5, 0.6) is 0 Å². The fraction of sp³-hybridized carbons (Fsp3) is 0.368. The van der Waals surface area contributed by atoms with Crippen LogP contribution in [0.3, 0.4) is 0 Å². The highest BCUT2D eigenvalue weighted by Crippen LogP contribution is 2.38. The summed E-state index contributed by atoms with van der Waals surface area (Å²) in [6.45, 7) is 1.90. The van der Waals surface area contributed by atoms with Crippen LogP contribution in [0, 0.1) is 18.3 Å². The SMILES string of the molecule is Cc1ccc(S(=O)(=O)CCCC(=O)Nc2sc3c(c2C#N)CCC3)cc1. The standard InChI is InChI=1S/C19H20N2O3S2/c1-13-7-9-14(10-8-13)26(23,24)11-3-6-18(22)21-19-16(12-20)15-4-2-5-17(15)25-19/h7-10H,2-6,11H2,1H3,(H,21,22). The molecule has 7 heteroatoms. The molecule has 0 atom stereocenters. The van der Waals surface area contributed by atoms with Gasteiger partial charge in [-0.25, -0.2) is 8.42 Å². The van der Waals surface area contributed by atoms with Gasteiger partial charge in [-0.05, 0) is 50.3 Å². The molecule has 0 saturated carbocycles. The summed E-state index contributed by atoms with van der Waals surface area (Å²) < 4.78 is 24.6. The first-order chi connectivity index (χ1) is 12.4. The van der Waals surface area contributed by atoms with E-state index >= 15 is 0 Å². The first kappa shape index (κ1) is 18.6. The molecule has 1 aromatic carbocycles. The molecule has 0 spiro atoms. The Bertz CT molecular complexity index is 967. The highest BCUT2D eigenvalue weighted by molar-refractivity contribution is 7.91. The number of rotatable bonds is 6. The normalized spacial score (nSPS) is 13.2. The number of anilines is 1. The van der Waals surface area contributed by atoms with Crippen LogP contribution < -0.4 is 5.32 Å². The van der Waals surface area contributed by atoms with Crippen molar-refractivity contribution in [1.82, 2.24) is 0 Å². The third-order valence-electron chi connectivity index (χ3n) is 4.48. The van der Waals surface area contributed by atoms with Crippen molar-refractivity contribution in [2.24, 2.45) is 0 Å². The number of fused-ring (bicyclic) bond motifs is 1. The van der Waals surface area contributed by atoms with Crippen molar-refractivity contribution in [3.8, 4) is 6.07 Å². The molecule has 1 aliphatic rings. The average molecular weight is 389 g/mol. The number of sulfone groups is 1. The number of aryl methyl sites for hydroxylation is 2. The molecule has 1 amide bonds. The molecule has 0 radical (unpaired) electrons. The van der Waals surface area contributed by atoms with Crippen LogP contribution in [0.4, 0.5) is 5.00 Å². The van der Waals surface area contributed by atoms with E-state index in [2.05, 4.69) is 11.4 Å². The third-order valence-corrected chi connectivity index (χ3v) is 7.51. The molecular formula is C19H20N2O3S2. The van der Waals surface area contributed by atoms with Gasteiger partial charge in [-0.15, -0.1) is 11.3 Å². The highest BCUT2D eigenvalue weighted by Gasteiger charge is 2.23. The van der Waals surface area contributed by atoms with Crippen LogP contribution in [0.1, 0.15) is 40.8 Å². The van der Waals surface area contributed by atoms with Gasteiger partial charge in [0.05, 0.1) is 16.2 Å². The topological polar surface area (TPSA) is 87.0 Å². The summed E-state index contributed by atoms with van der Waals surface area (Å²) in [5, 5.41) is 12.7. The van der Waals surface area contributed by atoms with Crippen molar-refractivity contribution < 1.29 is 13.2 Å². The number of amides is 1. The molecule has 136 valence electrons. The summed E-state index contributed by atoms with van der Waals surface area (Å²) in [5.41, 5.74) is 2.64. The molecule has 1 N–H and O–H groups in total. The quantitative estimate of drug-likeness (QED) is 0.819. The largest absolute Gasteiger partial charge is 0.317 e. The van der Waals surface area contributed by atoms with Gasteiger partial charge < -0.3 is 5.32 Å². The lowest BCUT2D eigenvalue weighted by Crippen LogP contribution is -2.14. The number of nitrogens with zero attached hydrogens (tertiary/aromatic N) is 1. The Morgan fingerprint density at radius 3 is 2.69 bits per heavy atom. The molecule has 1 aromatic heterocycles. The van der Waals surface area contributed by atoms with Gasteiger partial charge in [0.15, 0.2) is 9.84 Å². The summed E-state index contributed by atoms with van der Waals surface area (Å²) in [7, 11) is -3.39. The zero-order valence-electron chi connectivity index (χ0n) is 14.5. The zero-order valence-corrected chi connectivity index (χ0v) is 16.2. The summed E-state index contributed by atoms with van der Waals surface area (Å²) in [6.07, 6.45) is 3.26. The number of nitriles is 1. The molecule has 0 bridgehead atoms. The smallest absolute Gasteiger partial charge is 0.225 e. The minimum absolute atomic E-state index is 0.0739. The van der Waals surface area contributed by atoms with Crippen molar-refractivity contribution in [3.05, 3.63) is 45.8 Å². The Hall–Kier alpha value is -2.17. The molecule has 0 saturated heterocycles. The van der Waals surface area contributed by atoms with Gasteiger partial charge in [-0.3, -0.25) is 4.79 Å². The molecule has 0 fully saturated rings. The maximum Gasteiger partial charge on any atom is 0.225 e. The van der Waals surface area contributed by atoms with Crippen LogP contribution in [-0.2, 0) is 27.5 Å². The number of thiophene rings is 1. The summed E-state index contributed by atoms with van der Waals surface area (Å²) in [5.74, 6) is -0.323. The summed E-state index contributed by atoms with van der Waals surface area (Å²) in [4.78, 5) is 13.6. The molecule has 1 aliphatic carbocycles. The Morgan fingerprint density at radius 1 is 1.27 bits per heavy atom. The van der Waals surface area contributed by atoms with Crippen molar-refractivity contribution >= 4 is 32.1 Å². The molecule has 2 aromatic rings. The fourth-order valence-corrected chi connectivity index (χ4v) is 5.65. The van der Waals surface area contributed by atoms with Gasteiger partial charge in [0.2, 0.25) is 5.91 Å². The van der Waals surface area contributed by atoms with Crippen molar-refractivity contribution in [1.29, 1.82) is 5.26 Å². The van der Waals surface area contributed by atoms with Crippen LogP contribution in [0.2, 0.25) is 0 Å². The van der Waals surface area contributed by atoms with Crippen LogP contribution >= 0.6 is 11.3 Å². The molecule has 26 heavy (non-hydrogen) atoms. The number of carbonyl (C=O) groups is 1. The Morgan fingerprint density at radius 2 is 2.00 bits per heavy atom. The first-order valence-corrected chi connectivity index (χ1v) is 11.0. The predicted octanol–water partition coefficient (Wildman–Crippen LogP) is 3.61. The van der Waals surface area contributed by atoms with Crippen LogP contribution in [0.25, 0.3) is 0 Å². The lowest BCUT2D eigenvalue weighted by atomic mass is 10.1. The molecule has 0 unspecified atom stereocenters. The van der Waals surface area contributed by atoms with E-state index in [1.165, 1.54) is 16.2 Å². The van der Waals surface area contributed by atoms with Crippen molar-refractivity contribution in [3.63, 3.8) is 0 Å². The lowest BCUT2D eigenvalue weighted by molar-refractivity contribution is -0.116. The zero-order chi connectivity index (χ0) is 18.7. The molecular weight excluding hydrogens is 368 g/mol. The second kappa shape index (κ2) is 7.60. The number of nitrogens with one attached hydrogen (secondary N) is 1. The first-order valence-electron chi connectivity index (χ1n) is 8.54. The maximum atomic E-state index is 12.3. The van der Waals surface area contributed by atoms with E-state index in [4.69, 9.17) is 0 Å². The number of hydrogen-bond acceptors (Lipinski definition) is 5. The Balaban J connectivity index is 1.57. The monoisotopic (exact) mass is 388 g/mol. The second-order valence-corrected chi connectivity index (χ2v) is 9.67. The third kappa shape index (κ3) is 3.97. The van der Waals surface area contributed by atoms with Gasteiger partial charge in [-0.2, -0.15) is 5.26 Å². The van der Waals surface area contributed by atoms with Gasteiger partial charge in [-0.1, -0.05) is 17.7 Å². The van der Waals surface area contributed by atoms with Crippen LogP contribution in [-0.4, -0.2) is 20.1 Å². The highest BCUT2D eigenvalue weighted by atomic mass is 32.2. The Labute approximate surface area is 157 Å². The van der Waals surface area contributed by atoms with Gasteiger partial charge >= 0.3 is 0 Å². The number of carbonyl (C=O) groups excluding carboxylic acids is 1. The van der Waals surface area contributed by atoms with E-state index in [9.17, 15) is 18.5 Å². The van der Waals surface area contributed by atoms with E-state index in [1.54, 1.807) is 24.3 Å². The Kier molecular flexibility index (Phi) is 5.44. The van der Waals surface area contributed by atoms with Gasteiger partial charge in [0.1, 0.15) is 11.1 Å². The molecule has 3 rings (SSSR count). The maximum absolute atomic E-state index is 12.3. The predicted molar refractivity (Wildman–Crippen MR) is 102 cm³/mol. The van der Waals surface area contributed by atoms with E-state index < -0.39 is 9.84 Å². The second-order valence-electron chi connectivity index (χ2n) is 6.46. The van der Waals surface area contributed by atoms with E-state index in [1.807, 2.05) is 6.92 Å². The fourth-order valence-electron chi connectivity index (χ4n) is 3.09. The summed E-state index contributed by atoms with van der Waals surface area (Å²) in [6, 6.07) is 8.90. The van der Waals surface area contributed by atoms with E-state index in [0.29, 0.717) is 10.6 Å². The minimum atomic E-state index is -3.39. The van der Waals surface area contributed by atoms with Crippen molar-refractivity contribution in [2.75, 3.05) is 11.1 Å². The number of hydrogen-bond donors (Lipinski definition) is 1. The van der Waals surface area contributed by atoms with E-state index in [-0.39, 0.29) is 29.4 Å².